The van der Waals surface area contributed by atoms with Crippen LogP contribution in [0, 0.1) is 5.92 Å². The Morgan fingerprint density at radius 2 is 1.96 bits per heavy atom. The summed E-state index contributed by atoms with van der Waals surface area (Å²) >= 11 is 3.47. The van der Waals surface area contributed by atoms with Gasteiger partial charge in [0.25, 0.3) is 5.91 Å². The van der Waals surface area contributed by atoms with Crippen molar-refractivity contribution in [3.8, 4) is 10.4 Å². The fourth-order valence-corrected chi connectivity index (χ4v) is 6.51. The van der Waals surface area contributed by atoms with Gasteiger partial charge in [0.15, 0.2) is 0 Å². The lowest BCUT2D eigenvalue weighted by Gasteiger charge is -2.33. The van der Waals surface area contributed by atoms with Gasteiger partial charge in [-0.15, -0.1) is 11.3 Å². The van der Waals surface area contributed by atoms with E-state index in [1.54, 1.807) is 23.3 Å². The minimum absolute atomic E-state index is 0.255. The molecule has 2 aliphatic rings. The highest BCUT2D eigenvalue weighted by Gasteiger charge is 2.38. The zero-order valence-electron chi connectivity index (χ0n) is 14.0. The van der Waals surface area contributed by atoms with E-state index in [-0.39, 0.29) is 11.9 Å². The van der Waals surface area contributed by atoms with Crippen LogP contribution in [0.5, 0.6) is 0 Å². The number of carbonyl (C=O) groups excluding carboxylic acids is 1. The van der Waals surface area contributed by atoms with Crippen molar-refractivity contribution >= 4 is 29.2 Å². The molecule has 132 valence electrons. The van der Waals surface area contributed by atoms with Crippen molar-refractivity contribution in [3.63, 3.8) is 0 Å². The number of fused-ring (bicyclic) bond motifs is 1. The van der Waals surface area contributed by atoms with Crippen LogP contribution in [0.15, 0.2) is 41.3 Å². The number of hydrogen-bond acceptors (Lipinski definition) is 5. The quantitative estimate of drug-likeness (QED) is 0.463. The molecule has 2 heterocycles. The van der Waals surface area contributed by atoms with E-state index in [1.807, 2.05) is 11.5 Å². The molecule has 1 atom stereocenters. The number of carbonyl (C=O) groups is 1. The van der Waals surface area contributed by atoms with Gasteiger partial charge in [-0.25, -0.2) is 9.79 Å². The molecule has 2 N–H and O–H groups in total. The summed E-state index contributed by atoms with van der Waals surface area (Å²) in [5, 5.41) is 9.22. The second kappa shape index (κ2) is 7.50. The van der Waals surface area contributed by atoms with E-state index in [0.29, 0.717) is 5.92 Å². The Morgan fingerprint density at radius 1 is 1.20 bits per heavy atom. The van der Waals surface area contributed by atoms with Crippen molar-refractivity contribution in [2.24, 2.45) is 5.92 Å². The van der Waals surface area contributed by atoms with Gasteiger partial charge in [0.2, 0.25) is 0 Å². The second-order valence-electron chi connectivity index (χ2n) is 6.75. The Labute approximate surface area is 156 Å². The third kappa shape index (κ3) is 3.49. The lowest BCUT2D eigenvalue weighted by Crippen LogP contribution is -2.47. The van der Waals surface area contributed by atoms with E-state index in [9.17, 15) is 10.0 Å². The lowest BCUT2D eigenvalue weighted by molar-refractivity contribution is -0.135. The first-order chi connectivity index (χ1) is 12.3. The van der Waals surface area contributed by atoms with E-state index in [2.05, 4.69) is 34.6 Å². The first-order valence-corrected chi connectivity index (χ1v) is 10.4. The number of nitrogens with zero attached hydrogens (tertiary/aromatic N) is 1. The maximum Gasteiger partial charge on any atom is 0.261 e. The third-order valence-electron chi connectivity index (χ3n) is 5.13. The lowest BCUT2D eigenvalue weighted by atomic mass is 9.83. The molecule has 0 saturated heterocycles. The van der Waals surface area contributed by atoms with Crippen LogP contribution in [0.1, 0.15) is 37.0 Å². The van der Waals surface area contributed by atoms with Crippen LogP contribution in [-0.2, 0) is 11.3 Å². The number of amides is 1. The summed E-state index contributed by atoms with van der Waals surface area (Å²) in [5.41, 5.74) is 3.15. The summed E-state index contributed by atoms with van der Waals surface area (Å²) in [6, 6.07) is 12.4. The van der Waals surface area contributed by atoms with Gasteiger partial charge in [0.1, 0.15) is 6.04 Å². The molecule has 0 radical (unpaired) electrons. The fourth-order valence-electron chi connectivity index (χ4n) is 3.90. The average Bonchev–Trinajstić information content (AvgIpc) is 3.22. The molecular formula is C19H22N2O2S2. The molecule has 1 aromatic carbocycles. The Bertz CT molecular complexity index is 718. The molecule has 1 aromatic heterocycles. The summed E-state index contributed by atoms with van der Waals surface area (Å²) in [5.74, 6) is 0.0637. The Kier molecular flexibility index (Phi) is 5.12. The van der Waals surface area contributed by atoms with Crippen LogP contribution in [0.4, 0.5) is 0 Å². The van der Waals surface area contributed by atoms with Crippen LogP contribution >= 0.6 is 23.3 Å². The van der Waals surface area contributed by atoms with E-state index in [4.69, 9.17) is 0 Å². The van der Waals surface area contributed by atoms with E-state index < -0.39 is 0 Å². The van der Waals surface area contributed by atoms with Gasteiger partial charge in [-0.1, -0.05) is 49.6 Å². The van der Waals surface area contributed by atoms with Crippen molar-refractivity contribution in [1.82, 2.24) is 9.79 Å². The van der Waals surface area contributed by atoms with Gasteiger partial charge in [-0.2, -0.15) is 0 Å². The SMILES string of the molecule is O=C(NO)C(C1CCCCC1)N1Cc2sc(-c3ccccc3)cc2S1. The average molecular weight is 375 g/mol. The molecule has 4 rings (SSSR count). The van der Waals surface area contributed by atoms with Gasteiger partial charge >= 0.3 is 0 Å². The van der Waals surface area contributed by atoms with Crippen molar-refractivity contribution in [2.75, 3.05) is 0 Å². The van der Waals surface area contributed by atoms with Gasteiger partial charge in [0, 0.05) is 21.2 Å². The van der Waals surface area contributed by atoms with Crippen molar-refractivity contribution < 1.29 is 10.0 Å². The monoisotopic (exact) mass is 374 g/mol. The van der Waals surface area contributed by atoms with Crippen molar-refractivity contribution in [1.29, 1.82) is 0 Å². The Morgan fingerprint density at radius 3 is 2.64 bits per heavy atom. The van der Waals surface area contributed by atoms with Crippen LogP contribution < -0.4 is 5.48 Å². The van der Waals surface area contributed by atoms with E-state index in [0.717, 1.165) is 19.4 Å². The number of thiophene rings is 1. The number of hydrogen-bond donors (Lipinski definition) is 2. The van der Waals surface area contributed by atoms with E-state index >= 15 is 0 Å². The highest BCUT2D eigenvalue weighted by atomic mass is 32.2. The van der Waals surface area contributed by atoms with Gasteiger partial charge in [-0.05, 0) is 42.3 Å². The molecule has 2 aromatic rings. The summed E-state index contributed by atoms with van der Waals surface area (Å²) in [6.45, 7) is 0.770. The van der Waals surface area contributed by atoms with Crippen molar-refractivity contribution in [3.05, 3.63) is 41.3 Å². The number of benzene rings is 1. The van der Waals surface area contributed by atoms with Crippen molar-refractivity contribution in [2.45, 2.75) is 49.6 Å². The fraction of sp³-hybridized carbons (Fsp3) is 0.421. The Balaban J connectivity index is 1.53. The largest absolute Gasteiger partial charge is 0.289 e. The second-order valence-corrected chi connectivity index (χ2v) is 8.98. The molecule has 1 saturated carbocycles. The molecule has 1 unspecified atom stereocenters. The first-order valence-electron chi connectivity index (χ1n) is 8.83. The van der Waals surface area contributed by atoms with E-state index in [1.165, 1.54) is 39.5 Å². The molecule has 1 amide bonds. The molecule has 1 fully saturated rings. The predicted octanol–water partition coefficient (Wildman–Crippen LogP) is 4.69. The predicted molar refractivity (Wildman–Crippen MR) is 101 cm³/mol. The highest BCUT2D eigenvalue weighted by molar-refractivity contribution is 7.97. The van der Waals surface area contributed by atoms with Crippen LogP contribution in [-0.4, -0.2) is 21.5 Å². The number of nitrogens with one attached hydrogen (secondary N) is 1. The maximum atomic E-state index is 12.3. The molecule has 1 aliphatic heterocycles. The summed E-state index contributed by atoms with van der Waals surface area (Å²) in [6.07, 6.45) is 5.75. The highest BCUT2D eigenvalue weighted by Crippen LogP contribution is 2.47. The third-order valence-corrected chi connectivity index (χ3v) is 7.58. The zero-order valence-corrected chi connectivity index (χ0v) is 15.6. The van der Waals surface area contributed by atoms with Crippen LogP contribution in [0.2, 0.25) is 0 Å². The molecule has 6 heteroatoms. The molecular weight excluding hydrogens is 352 g/mol. The number of rotatable bonds is 4. The van der Waals surface area contributed by atoms with Gasteiger partial charge in [-0.3, -0.25) is 10.0 Å². The molecule has 4 nitrogen and oxygen atoms in total. The molecule has 25 heavy (non-hydrogen) atoms. The van der Waals surface area contributed by atoms with Crippen LogP contribution in [0.25, 0.3) is 10.4 Å². The zero-order chi connectivity index (χ0) is 17.2. The number of hydroxylamine groups is 1. The Hall–Kier alpha value is -1.34. The molecule has 0 bridgehead atoms. The summed E-state index contributed by atoms with van der Waals surface area (Å²) in [7, 11) is 0. The normalized spacial score (nSPS) is 19.6. The topological polar surface area (TPSA) is 52.6 Å². The standard InChI is InChI=1S/C19H22N2O2S2/c22-19(20-23)18(14-9-5-2-6-10-14)21-12-17-16(25-21)11-15(24-17)13-7-3-1-4-8-13/h1,3-4,7-8,11,14,18,23H,2,5-6,9-10,12H2,(H,20,22). The van der Waals surface area contributed by atoms with Gasteiger partial charge < -0.3 is 0 Å². The van der Waals surface area contributed by atoms with Crippen LogP contribution in [0.3, 0.4) is 0 Å². The minimum Gasteiger partial charge on any atom is -0.289 e. The molecule has 0 spiro atoms. The van der Waals surface area contributed by atoms with Gasteiger partial charge in [0.05, 0.1) is 0 Å². The minimum atomic E-state index is -0.266. The smallest absolute Gasteiger partial charge is 0.261 e. The summed E-state index contributed by atoms with van der Waals surface area (Å²) in [4.78, 5) is 16.2. The summed E-state index contributed by atoms with van der Waals surface area (Å²) < 4.78 is 2.16. The first kappa shape index (κ1) is 17.1. The maximum absolute atomic E-state index is 12.3. The molecule has 1 aliphatic carbocycles.